The zero-order valence-corrected chi connectivity index (χ0v) is 15.0. The van der Waals surface area contributed by atoms with Crippen LogP contribution >= 0.6 is 0 Å². The number of aromatic amines is 1. The largest absolute Gasteiger partial charge is 0.497 e. The number of benzene rings is 2. The van der Waals surface area contributed by atoms with Gasteiger partial charge in [-0.3, -0.25) is 14.9 Å². The van der Waals surface area contributed by atoms with Crippen LogP contribution in [-0.2, 0) is 9.59 Å². The molecule has 0 radical (unpaired) electrons. The Labute approximate surface area is 156 Å². The standard InChI is InChI=1S/C20H20N4O3/c1-13(19(26)24-20-22-16-5-3-4-6-17(16)23-20)21-18(25)12-9-14-7-10-15(27-2)11-8-14/h3-13H,1-2H3,(H,21,25)(H2,22,23,24,26). The van der Waals surface area contributed by atoms with E-state index in [1.165, 1.54) is 6.08 Å². The number of amides is 2. The van der Waals surface area contributed by atoms with Gasteiger partial charge in [0, 0.05) is 6.08 Å². The molecule has 7 heteroatoms. The summed E-state index contributed by atoms with van der Waals surface area (Å²) >= 11 is 0. The highest BCUT2D eigenvalue weighted by Crippen LogP contribution is 2.14. The normalized spacial score (nSPS) is 12.1. The number of hydrogen-bond donors (Lipinski definition) is 3. The molecule has 0 spiro atoms. The third kappa shape index (κ3) is 4.72. The molecule has 3 N–H and O–H groups in total. The summed E-state index contributed by atoms with van der Waals surface area (Å²) in [7, 11) is 1.59. The number of nitrogens with one attached hydrogen (secondary N) is 3. The predicted molar refractivity (Wildman–Crippen MR) is 104 cm³/mol. The van der Waals surface area contributed by atoms with Crippen LogP contribution in [0.4, 0.5) is 5.95 Å². The van der Waals surface area contributed by atoms with E-state index in [4.69, 9.17) is 4.74 Å². The van der Waals surface area contributed by atoms with Gasteiger partial charge in [0.2, 0.25) is 17.8 Å². The number of carbonyl (C=O) groups is 2. The van der Waals surface area contributed by atoms with Crippen molar-refractivity contribution in [1.29, 1.82) is 0 Å². The number of para-hydroxylation sites is 2. The second-order valence-corrected chi connectivity index (χ2v) is 5.93. The number of rotatable bonds is 6. The highest BCUT2D eigenvalue weighted by Gasteiger charge is 2.16. The molecule has 1 aromatic heterocycles. The number of carbonyl (C=O) groups excluding carboxylic acids is 2. The summed E-state index contributed by atoms with van der Waals surface area (Å²) in [5.74, 6) is 0.363. The topological polar surface area (TPSA) is 96.1 Å². The van der Waals surface area contributed by atoms with Crippen molar-refractivity contribution in [2.75, 3.05) is 12.4 Å². The Bertz CT molecular complexity index is 943. The molecule has 0 aliphatic carbocycles. The third-order valence-electron chi connectivity index (χ3n) is 3.93. The van der Waals surface area contributed by atoms with E-state index in [-0.39, 0.29) is 11.8 Å². The summed E-state index contributed by atoms with van der Waals surface area (Å²) in [6.45, 7) is 1.61. The first-order chi connectivity index (χ1) is 13.0. The number of nitrogens with zero attached hydrogens (tertiary/aromatic N) is 1. The molecule has 1 unspecified atom stereocenters. The minimum absolute atomic E-state index is 0.344. The van der Waals surface area contributed by atoms with Crippen molar-refractivity contribution in [2.24, 2.45) is 0 Å². The van der Waals surface area contributed by atoms with E-state index in [2.05, 4.69) is 20.6 Å². The van der Waals surface area contributed by atoms with Crippen LogP contribution in [0.5, 0.6) is 5.75 Å². The maximum atomic E-state index is 12.2. The molecule has 0 bridgehead atoms. The van der Waals surface area contributed by atoms with Crippen molar-refractivity contribution < 1.29 is 14.3 Å². The zero-order valence-electron chi connectivity index (χ0n) is 15.0. The highest BCUT2D eigenvalue weighted by atomic mass is 16.5. The number of anilines is 1. The van der Waals surface area contributed by atoms with Crippen molar-refractivity contribution in [3.63, 3.8) is 0 Å². The molecule has 2 aromatic carbocycles. The summed E-state index contributed by atoms with van der Waals surface area (Å²) in [5, 5.41) is 5.29. The van der Waals surface area contributed by atoms with Crippen LogP contribution in [-0.4, -0.2) is 34.9 Å². The lowest BCUT2D eigenvalue weighted by atomic mass is 10.2. The maximum Gasteiger partial charge on any atom is 0.248 e. The van der Waals surface area contributed by atoms with E-state index in [1.54, 1.807) is 32.2 Å². The maximum absolute atomic E-state index is 12.2. The van der Waals surface area contributed by atoms with Crippen LogP contribution in [0.3, 0.4) is 0 Å². The van der Waals surface area contributed by atoms with E-state index < -0.39 is 6.04 Å². The lowest BCUT2D eigenvalue weighted by Gasteiger charge is -2.11. The van der Waals surface area contributed by atoms with E-state index in [1.807, 2.05) is 36.4 Å². The molecule has 138 valence electrons. The molecule has 7 nitrogen and oxygen atoms in total. The number of hydrogen-bond acceptors (Lipinski definition) is 4. The number of imidazole rings is 1. The average molecular weight is 364 g/mol. The number of ether oxygens (including phenoxy) is 1. The summed E-state index contributed by atoms with van der Waals surface area (Å²) in [6, 6.07) is 14.0. The minimum atomic E-state index is -0.716. The quantitative estimate of drug-likeness (QED) is 0.586. The molecule has 3 aromatic rings. The van der Waals surface area contributed by atoms with Gasteiger partial charge in [0.05, 0.1) is 18.1 Å². The zero-order chi connectivity index (χ0) is 19.2. The van der Waals surface area contributed by atoms with Gasteiger partial charge in [-0.15, -0.1) is 0 Å². The van der Waals surface area contributed by atoms with Crippen LogP contribution in [0.1, 0.15) is 12.5 Å². The van der Waals surface area contributed by atoms with Crippen molar-refractivity contribution in [3.8, 4) is 5.75 Å². The lowest BCUT2D eigenvalue weighted by Crippen LogP contribution is -2.41. The molecule has 2 amide bonds. The molecule has 27 heavy (non-hydrogen) atoms. The van der Waals surface area contributed by atoms with Gasteiger partial charge in [-0.05, 0) is 42.8 Å². The monoisotopic (exact) mass is 364 g/mol. The van der Waals surface area contributed by atoms with Gasteiger partial charge in [0.1, 0.15) is 11.8 Å². The second-order valence-electron chi connectivity index (χ2n) is 5.93. The lowest BCUT2D eigenvalue weighted by molar-refractivity contribution is -0.123. The van der Waals surface area contributed by atoms with E-state index in [0.717, 1.165) is 22.3 Å². The summed E-state index contributed by atoms with van der Waals surface area (Å²) in [4.78, 5) is 31.6. The Morgan fingerprint density at radius 2 is 1.89 bits per heavy atom. The Hall–Kier alpha value is -3.61. The van der Waals surface area contributed by atoms with Crippen molar-refractivity contribution >= 4 is 34.9 Å². The van der Waals surface area contributed by atoms with E-state index in [0.29, 0.717) is 5.95 Å². The van der Waals surface area contributed by atoms with Gasteiger partial charge in [0.15, 0.2) is 0 Å². The second kappa shape index (κ2) is 8.18. The van der Waals surface area contributed by atoms with Crippen LogP contribution in [0.25, 0.3) is 17.1 Å². The highest BCUT2D eigenvalue weighted by molar-refractivity contribution is 5.99. The van der Waals surface area contributed by atoms with E-state index in [9.17, 15) is 9.59 Å². The van der Waals surface area contributed by atoms with Crippen molar-refractivity contribution in [2.45, 2.75) is 13.0 Å². The van der Waals surface area contributed by atoms with Gasteiger partial charge in [-0.25, -0.2) is 4.98 Å². The van der Waals surface area contributed by atoms with Gasteiger partial charge >= 0.3 is 0 Å². The van der Waals surface area contributed by atoms with Crippen LogP contribution in [0.15, 0.2) is 54.6 Å². The van der Waals surface area contributed by atoms with Crippen LogP contribution in [0.2, 0.25) is 0 Å². The first kappa shape index (κ1) is 18.2. The summed E-state index contributed by atoms with van der Waals surface area (Å²) < 4.78 is 5.09. The number of methoxy groups -OCH3 is 1. The van der Waals surface area contributed by atoms with Crippen molar-refractivity contribution in [1.82, 2.24) is 15.3 Å². The SMILES string of the molecule is COc1ccc(C=CC(=O)NC(C)C(=O)Nc2nc3ccccc3[nH]2)cc1. The molecule has 0 aliphatic rings. The fourth-order valence-electron chi connectivity index (χ4n) is 2.45. The molecule has 0 aliphatic heterocycles. The average Bonchev–Trinajstić information content (AvgIpc) is 3.09. The Kier molecular flexibility index (Phi) is 5.51. The Morgan fingerprint density at radius 3 is 2.59 bits per heavy atom. The Morgan fingerprint density at radius 1 is 1.15 bits per heavy atom. The Balaban J connectivity index is 1.54. The van der Waals surface area contributed by atoms with E-state index >= 15 is 0 Å². The summed E-state index contributed by atoms with van der Waals surface area (Å²) in [5.41, 5.74) is 2.43. The van der Waals surface area contributed by atoms with Gasteiger partial charge in [-0.1, -0.05) is 24.3 Å². The van der Waals surface area contributed by atoms with Crippen LogP contribution < -0.4 is 15.4 Å². The minimum Gasteiger partial charge on any atom is -0.497 e. The smallest absolute Gasteiger partial charge is 0.248 e. The molecular weight excluding hydrogens is 344 g/mol. The number of H-pyrrole nitrogens is 1. The first-order valence-corrected chi connectivity index (χ1v) is 8.43. The molecule has 0 saturated carbocycles. The summed E-state index contributed by atoms with van der Waals surface area (Å²) in [6.07, 6.45) is 3.05. The predicted octanol–water partition coefficient (Wildman–Crippen LogP) is 2.73. The molecule has 1 atom stereocenters. The molecular formula is C20H20N4O3. The fraction of sp³-hybridized carbons (Fsp3) is 0.150. The number of aromatic nitrogens is 2. The molecule has 0 fully saturated rings. The van der Waals surface area contributed by atoms with Crippen LogP contribution in [0, 0.1) is 0 Å². The van der Waals surface area contributed by atoms with Gasteiger partial charge in [-0.2, -0.15) is 0 Å². The van der Waals surface area contributed by atoms with Crippen molar-refractivity contribution in [3.05, 3.63) is 60.2 Å². The first-order valence-electron chi connectivity index (χ1n) is 8.43. The molecule has 3 rings (SSSR count). The van der Waals surface area contributed by atoms with Gasteiger partial charge in [0.25, 0.3) is 0 Å². The third-order valence-corrected chi connectivity index (χ3v) is 3.93. The molecule has 0 saturated heterocycles. The molecule has 1 heterocycles. The fourth-order valence-corrected chi connectivity index (χ4v) is 2.45. The van der Waals surface area contributed by atoms with Gasteiger partial charge < -0.3 is 15.0 Å². The number of fused-ring (bicyclic) bond motifs is 1.